The quantitative estimate of drug-likeness (QED) is 0.608. The molecule has 4 heteroatoms. The van der Waals surface area contributed by atoms with Crippen LogP contribution in [0.1, 0.15) is 45.2 Å². The molecule has 1 fully saturated rings. The van der Waals surface area contributed by atoms with E-state index in [1.54, 1.807) is 0 Å². The highest BCUT2D eigenvalue weighted by Crippen LogP contribution is 2.28. The first-order chi connectivity index (χ1) is 10.1. The van der Waals surface area contributed by atoms with Gasteiger partial charge < -0.3 is 9.64 Å². The third-order valence-electron chi connectivity index (χ3n) is 4.23. The number of aromatic nitrogens is 1. The van der Waals surface area contributed by atoms with Crippen LogP contribution in [0.3, 0.4) is 0 Å². The molecule has 1 aliphatic rings. The standard InChI is InChI=1S/C17H27N3O/c1-5-20(4)12-18-15-10-11-17(19-14(15)3)21-16-9-7-6-8-13(16)2/h10-13,16H,5-9H2,1-4H3. The molecule has 116 valence electrons. The molecule has 1 heterocycles. The lowest BCUT2D eigenvalue weighted by molar-refractivity contribution is 0.0975. The summed E-state index contributed by atoms with van der Waals surface area (Å²) in [5.74, 6) is 1.35. The van der Waals surface area contributed by atoms with E-state index in [2.05, 4.69) is 23.8 Å². The van der Waals surface area contributed by atoms with Gasteiger partial charge in [0, 0.05) is 19.7 Å². The molecule has 0 amide bonds. The highest BCUT2D eigenvalue weighted by Gasteiger charge is 2.23. The molecule has 0 bridgehead atoms. The number of ether oxygens (including phenoxy) is 1. The predicted octanol–water partition coefficient (Wildman–Crippen LogP) is 3.96. The van der Waals surface area contributed by atoms with Gasteiger partial charge in [-0.3, -0.25) is 0 Å². The van der Waals surface area contributed by atoms with Gasteiger partial charge in [0.05, 0.1) is 17.7 Å². The summed E-state index contributed by atoms with van der Waals surface area (Å²) in [4.78, 5) is 11.0. The van der Waals surface area contributed by atoms with Gasteiger partial charge in [-0.25, -0.2) is 9.98 Å². The third kappa shape index (κ3) is 4.45. The van der Waals surface area contributed by atoms with Gasteiger partial charge in [-0.1, -0.05) is 13.3 Å². The lowest BCUT2D eigenvalue weighted by atomic mass is 9.88. The first kappa shape index (κ1) is 15.8. The van der Waals surface area contributed by atoms with Crippen LogP contribution in [-0.4, -0.2) is 35.9 Å². The Morgan fingerprint density at radius 3 is 2.81 bits per heavy atom. The van der Waals surface area contributed by atoms with Crippen molar-refractivity contribution in [2.45, 2.75) is 52.6 Å². The van der Waals surface area contributed by atoms with E-state index in [9.17, 15) is 0 Å². The lowest BCUT2D eigenvalue weighted by Gasteiger charge is -2.28. The summed E-state index contributed by atoms with van der Waals surface area (Å²) < 4.78 is 6.08. The van der Waals surface area contributed by atoms with Gasteiger partial charge in [0.15, 0.2) is 0 Å². The van der Waals surface area contributed by atoms with Crippen LogP contribution in [0, 0.1) is 12.8 Å². The van der Waals surface area contributed by atoms with E-state index in [0.717, 1.165) is 30.2 Å². The molecule has 0 aromatic carbocycles. The number of aryl methyl sites for hydroxylation is 1. The number of aliphatic imine (C=N–C) groups is 1. The molecule has 1 aliphatic carbocycles. The van der Waals surface area contributed by atoms with Crippen molar-refractivity contribution in [1.29, 1.82) is 0 Å². The first-order valence-electron chi connectivity index (χ1n) is 7.99. The SMILES string of the molecule is CCN(C)C=Nc1ccc(OC2CCCCC2C)nc1C. The van der Waals surface area contributed by atoms with Gasteiger partial charge in [-0.05, 0) is 45.1 Å². The zero-order valence-electron chi connectivity index (χ0n) is 13.7. The number of pyridine rings is 1. The average Bonchev–Trinajstić information content (AvgIpc) is 2.48. The molecule has 2 unspecified atom stereocenters. The van der Waals surface area contributed by atoms with Crippen LogP contribution in [-0.2, 0) is 0 Å². The molecule has 0 aliphatic heterocycles. The minimum atomic E-state index is 0.311. The van der Waals surface area contributed by atoms with E-state index in [1.807, 2.05) is 37.3 Å². The van der Waals surface area contributed by atoms with E-state index >= 15 is 0 Å². The van der Waals surface area contributed by atoms with E-state index < -0.39 is 0 Å². The van der Waals surface area contributed by atoms with Gasteiger partial charge in [0.1, 0.15) is 6.10 Å². The van der Waals surface area contributed by atoms with Crippen molar-refractivity contribution in [2.75, 3.05) is 13.6 Å². The highest BCUT2D eigenvalue weighted by molar-refractivity contribution is 5.62. The number of hydrogen-bond acceptors (Lipinski definition) is 3. The Kier molecular flexibility index (Phi) is 5.59. The molecule has 21 heavy (non-hydrogen) atoms. The van der Waals surface area contributed by atoms with Gasteiger partial charge in [-0.2, -0.15) is 0 Å². The number of rotatable bonds is 5. The summed E-state index contributed by atoms with van der Waals surface area (Å²) in [5, 5.41) is 0. The maximum absolute atomic E-state index is 6.08. The Balaban J connectivity index is 2.03. The van der Waals surface area contributed by atoms with E-state index in [0.29, 0.717) is 12.0 Å². The summed E-state index contributed by atoms with van der Waals surface area (Å²) in [6.07, 6.45) is 7.14. The molecular formula is C17H27N3O. The number of nitrogens with zero attached hydrogens (tertiary/aromatic N) is 3. The van der Waals surface area contributed by atoms with E-state index in [-0.39, 0.29) is 0 Å². The molecule has 4 nitrogen and oxygen atoms in total. The van der Waals surface area contributed by atoms with Crippen LogP contribution in [0.5, 0.6) is 5.88 Å². The van der Waals surface area contributed by atoms with Crippen molar-refractivity contribution in [3.63, 3.8) is 0 Å². The summed E-state index contributed by atoms with van der Waals surface area (Å²) in [6.45, 7) is 7.29. The van der Waals surface area contributed by atoms with Crippen LogP contribution in [0.4, 0.5) is 5.69 Å². The molecule has 1 aromatic rings. The van der Waals surface area contributed by atoms with Gasteiger partial charge in [0.25, 0.3) is 0 Å². The normalized spacial score (nSPS) is 22.5. The van der Waals surface area contributed by atoms with Crippen LogP contribution in [0.2, 0.25) is 0 Å². The summed E-state index contributed by atoms with van der Waals surface area (Å²) >= 11 is 0. The second-order valence-electron chi connectivity index (χ2n) is 5.99. The van der Waals surface area contributed by atoms with Gasteiger partial charge >= 0.3 is 0 Å². The van der Waals surface area contributed by atoms with E-state index in [4.69, 9.17) is 4.74 Å². The molecule has 0 N–H and O–H groups in total. The molecule has 2 atom stereocenters. The van der Waals surface area contributed by atoms with Gasteiger partial charge in [0.2, 0.25) is 5.88 Å². The fraction of sp³-hybridized carbons (Fsp3) is 0.647. The molecular weight excluding hydrogens is 262 g/mol. The molecule has 0 spiro atoms. The zero-order chi connectivity index (χ0) is 15.2. The second-order valence-corrected chi connectivity index (χ2v) is 5.99. The van der Waals surface area contributed by atoms with Crippen molar-refractivity contribution in [2.24, 2.45) is 10.9 Å². The fourth-order valence-electron chi connectivity index (χ4n) is 2.59. The Hall–Kier alpha value is -1.58. The molecule has 1 saturated carbocycles. The molecule has 1 aromatic heterocycles. The Morgan fingerprint density at radius 2 is 2.14 bits per heavy atom. The largest absolute Gasteiger partial charge is 0.474 e. The summed E-state index contributed by atoms with van der Waals surface area (Å²) in [6, 6.07) is 3.93. The fourth-order valence-corrected chi connectivity index (χ4v) is 2.59. The Labute approximate surface area is 128 Å². The highest BCUT2D eigenvalue weighted by atomic mass is 16.5. The van der Waals surface area contributed by atoms with Crippen LogP contribution >= 0.6 is 0 Å². The minimum Gasteiger partial charge on any atom is -0.474 e. The topological polar surface area (TPSA) is 37.7 Å². The van der Waals surface area contributed by atoms with Gasteiger partial charge in [-0.15, -0.1) is 0 Å². The number of hydrogen-bond donors (Lipinski definition) is 0. The average molecular weight is 289 g/mol. The van der Waals surface area contributed by atoms with Crippen molar-refractivity contribution in [3.8, 4) is 5.88 Å². The Bertz CT molecular complexity index is 487. The smallest absolute Gasteiger partial charge is 0.213 e. The van der Waals surface area contributed by atoms with E-state index in [1.165, 1.54) is 19.3 Å². The van der Waals surface area contributed by atoms with Crippen LogP contribution < -0.4 is 4.74 Å². The predicted molar refractivity (Wildman–Crippen MR) is 87.5 cm³/mol. The maximum atomic E-state index is 6.08. The molecule has 0 saturated heterocycles. The minimum absolute atomic E-state index is 0.311. The first-order valence-corrected chi connectivity index (χ1v) is 7.99. The van der Waals surface area contributed by atoms with Crippen LogP contribution in [0.25, 0.3) is 0 Å². The van der Waals surface area contributed by atoms with Crippen molar-refractivity contribution < 1.29 is 4.74 Å². The van der Waals surface area contributed by atoms with Crippen molar-refractivity contribution in [3.05, 3.63) is 17.8 Å². The van der Waals surface area contributed by atoms with Crippen molar-refractivity contribution in [1.82, 2.24) is 9.88 Å². The molecule has 0 radical (unpaired) electrons. The Morgan fingerprint density at radius 1 is 1.38 bits per heavy atom. The lowest BCUT2D eigenvalue weighted by Crippen LogP contribution is -2.28. The molecule has 2 rings (SSSR count). The zero-order valence-corrected chi connectivity index (χ0v) is 13.7. The second kappa shape index (κ2) is 7.43. The van der Waals surface area contributed by atoms with Crippen LogP contribution in [0.15, 0.2) is 17.1 Å². The monoisotopic (exact) mass is 289 g/mol. The van der Waals surface area contributed by atoms with Crippen molar-refractivity contribution >= 4 is 12.0 Å². The maximum Gasteiger partial charge on any atom is 0.213 e. The summed E-state index contributed by atoms with van der Waals surface area (Å²) in [7, 11) is 2.01. The third-order valence-corrected chi connectivity index (χ3v) is 4.23. The summed E-state index contributed by atoms with van der Waals surface area (Å²) in [5.41, 5.74) is 1.82.